The van der Waals surface area contributed by atoms with Crippen LogP contribution < -0.4 is 15.2 Å². The number of aromatic nitrogens is 2. The Morgan fingerprint density at radius 3 is 2.43 bits per heavy atom. The van der Waals surface area contributed by atoms with Crippen molar-refractivity contribution in [1.29, 1.82) is 0 Å². The topological polar surface area (TPSA) is 105 Å². The fourth-order valence-electron chi connectivity index (χ4n) is 4.12. The second-order valence-electron chi connectivity index (χ2n) is 8.94. The fourth-order valence-corrected chi connectivity index (χ4v) is 6.47. The lowest BCUT2D eigenvalue weighted by Gasteiger charge is -2.35. The van der Waals surface area contributed by atoms with Gasteiger partial charge in [0.2, 0.25) is 15.8 Å². The standard InChI is InChI=1S/C24H23Cl3N4O5S/c25-16-2-1-3-18(10-16)31-24(33)23(36-14-15-4-5-15)20(13-28-31)29-6-8-30(9-7-29)37(34,35)21-12-17(26)11-19(27)22(21)32/h1-3,10-13,15,32H,4-9,14H2. The van der Waals surface area contributed by atoms with Crippen LogP contribution in [0.4, 0.5) is 5.69 Å². The summed E-state index contributed by atoms with van der Waals surface area (Å²) in [6.07, 6.45) is 3.66. The molecule has 9 nitrogen and oxygen atoms in total. The van der Waals surface area contributed by atoms with Crippen molar-refractivity contribution in [3.05, 3.63) is 68.0 Å². The molecule has 1 saturated carbocycles. The van der Waals surface area contributed by atoms with Gasteiger partial charge in [-0.3, -0.25) is 4.79 Å². The van der Waals surface area contributed by atoms with E-state index in [2.05, 4.69) is 5.10 Å². The zero-order chi connectivity index (χ0) is 26.3. The maximum absolute atomic E-state index is 13.4. The number of piperazine rings is 1. The van der Waals surface area contributed by atoms with Gasteiger partial charge >= 0.3 is 5.56 Å². The minimum Gasteiger partial charge on any atom is -0.505 e. The molecular formula is C24H23Cl3N4O5S. The van der Waals surface area contributed by atoms with Crippen LogP contribution in [-0.2, 0) is 10.0 Å². The second kappa shape index (κ2) is 10.3. The number of rotatable bonds is 7. The molecule has 3 aromatic rings. The van der Waals surface area contributed by atoms with Gasteiger partial charge < -0.3 is 14.7 Å². The summed E-state index contributed by atoms with van der Waals surface area (Å²) in [5.74, 6) is 0.0368. The highest BCUT2D eigenvalue weighted by atomic mass is 35.5. The van der Waals surface area contributed by atoms with Crippen molar-refractivity contribution in [3.8, 4) is 17.2 Å². The van der Waals surface area contributed by atoms with E-state index in [0.717, 1.165) is 12.8 Å². The van der Waals surface area contributed by atoms with Crippen LogP contribution in [0, 0.1) is 5.92 Å². The SMILES string of the molecule is O=c1c(OCC2CC2)c(N2CCN(S(=O)(=O)c3cc(Cl)cc(Cl)c3O)CC2)cnn1-c1cccc(Cl)c1. The average molecular weight is 586 g/mol. The van der Waals surface area contributed by atoms with Gasteiger partial charge in [0.15, 0.2) is 5.75 Å². The zero-order valence-corrected chi connectivity index (χ0v) is 22.6. The number of aromatic hydroxyl groups is 1. The minimum absolute atomic E-state index is 0.101. The summed E-state index contributed by atoms with van der Waals surface area (Å²) in [6.45, 7) is 1.17. The van der Waals surface area contributed by atoms with Crippen molar-refractivity contribution in [2.45, 2.75) is 17.7 Å². The molecule has 37 heavy (non-hydrogen) atoms. The van der Waals surface area contributed by atoms with Crippen molar-refractivity contribution in [1.82, 2.24) is 14.1 Å². The van der Waals surface area contributed by atoms with Gasteiger partial charge in [-0.1, -0.05) is 40.9 Å². The van der Waals surface area contributed by atoms with E-state index in [1.54, 1.807) is 30.5 Å². The van der Waals surface area contributed by atoms with Crippen LogP contribution in [0.1, 0.15) is 12.8 Å². The second-order valence-corrected chi connectivity index (χ2v) is 12.1. The van der Waals surface area contributed by atoms with Crippen LogP contribution in [-0.4, -0.2) is 60.4 Å². The average Bonchev–Trinajstić information content (AvgIpc) is 3.70. The Labute approximate surface area is 228 Å². The molecule has 0 spiro atoms. The minimum atomic E-state index is -4.06. The number of hydrogen-bond donors (Lipinski definition) is 1. The molecule has 1 aromatic heterocycles. The largest absolute Gasteiger partial charge is 0.505 e. The molecule has 2 heterocycles. The summed E-state index contributed by atoms with van der Waals surface area (Å²) in [5, 5.41) is 15.0. The number of ether oxygens (including phenoxy) is 1. The number of halogens is 3. The Bertz CT molecular complexity index is 1500. The predicted molar refractivity (Wildman–Crippen MR) is 142 cm³/mol. The number of phenols is 1. The first-order valence-corrected chi connectivity index (χ1v) is 14.2. The van der Waals surface area contributed by atoms with Gasteiger partial charge in [-0.05, 0) is 49.1 Å². The molecule has 1 N–H and O–H groups in total. The Hall–Kier alpha value is -2.50. The van der Waals surface area contributed by atoms with E-state index >= 15 is 0 Å². The summed E-state index contributed by atoms with van der Waals surface area (Å²) in [5.41, 5.74) is 0.583. The Kier molecular flexibility index (Phi) is 7.30. The molecule has 0 amide bonds. The summed E-state index contributed by atoms with van der Waals surface area (Å²) >= 11 is 18.0. The monoisotopic (exact) mass is 584 g/mol. The van der Waals surface area contributed by atoms with E-state index in [4.69, 9.17) is 39.5 Å². The zero-order valence-electron chi connectivity index (χ0n) is 19.5. The Balaban J connectivity index is 1.41. The molecule has 0 unspecified atom stereocenters. The number of anilines is 1. The van der Waals surface area contributed by atoms with Crippen LogP contribution in [0.5, 0.6) is 11.5 Å². The molecule has 2 aromatic carbocycles. The number of sulfonamides is 1. The quantitative estimate of drug-likeness (QED) is 0.443. The lowest BCUT2D eigenvalue weighted by molar-refractivity contribution is 0.292. The van der Waals surface area contributed by atoms with Gasteiger partial charge in [0.1, 0.15) is 10.6 Å². The summed E-state index contributed by atoms with van der Waals surface area (Å²) in [4.78, 5) is 15.0. The van der Waals surface area contributed by atoms with Crippen molar-refractivity contribution in [2.24, 2.45) is 5.92 Å². The molecule has 1 saturated heterocycles. The number of benzene rings is 2. The van der Waals surface area contributed by atoms with Gasteiger partial charge in [-0.15, -0.1) is 0 Å². The number of nitrogens with zero attached hydrogens (tertiary/aromatic N) is 4. The van der Waals surface area contributed by atoms with Gasteiger partial charge in [0.25, 0.3) is 0 Å². The third kappa shape index (κ3) is 5.39. The Morgan fingerprint density at radius 2 is 1.76 bits per heavy atom. The van der Waals surface area contributed by atoms with Crippen LogP contribution in [0.2, 0.25) is 15.1 Å². The first-order valence-electron chi connectivity index (χ1n) is 11.6. The molecule has 0 radical (unpaired) electrons. The van der Waals surface area contributed by atoms with E-state index in [1.165, 1.54) is 21.1 Å². The van der Waals surface area contributed by atoms with Gasteiger partial charge in [0.05, 0.1) is 23.5 Å². The summed E-state index contributed by atoms with van der Waals surface area (Å²) < 4.78 is 34.9. The van der Waals surface area contributed by atoms with Crippen molar-refractivity contribution in [3.63, 3.8) is 0 Å². The summed E-state index contributed by atoms with van der Waals surface area (Å²) in [6, 6.07) is 9.26. The summed E-state index contributed by atoms with van der Waals surface area (Å²) in [7, 11) is -4.06. The molecule has 2 fully saturated rings. The molecule has 13 heteroatoms. The van der Waals surface area contributed by atoms with Crippen molar-refractivity contribution in [2.75, 3.05) is 37.7 Å². The molecule has 196 valence electrons. The first kappa shape index (κ1) is 26.1. The maximum Gasteiger partial charge on any atom is 0.316 e. The highest BCUT2D eigenvalue weighted by Gasteiger charge is 2.33. The number of phenolic OH excluding ortho intramolecular Hbond substituents is 1. The molecular weight excluding hydrogens is 563 g/mol. The van der Waals surface area contributed by atoms with Crippen LogP contribution >= 0.6 is 34.8 Å². The van der Waals surface area contributed by atoms with E-state index in [1.807, 2.05) is 4.90 Å². The van der Waals surface area contributed by atoms with Crippen molar-refractivity contribution >= 4 is 50.5 Å². The van der Waals surface area contributed by atoms with Crippen LogP contribution in [0.15, 0.2) is 52.3 Å². The predicted octanol–water partition coefficient (Wildman–Crippen LogP) is 4.20. The third-order valence-electron chi connectivity index (χ3n) is 6.32. The van der Waals surface area contributed by atoms with Gasteiger partial charge in [-0.25, -0.2) is 8.42 Å². The fraction of sp³-hybridized carbons (Fsp3) is 0.333. The molecule has 1 aliphatic heterocycles. The first-order chi connectivity index (χ1) is 17.6. The van der Waals surface area contributed by atoms with Crippen molar-refractivity contribution < 1.29 is 18.3 Å². The lowest BCUT2D eigenvalue weighted by atomic mass is 10.3. The molecule has 2 aliphatic rings. The van der Waals surface area contributed by atoms with Gasteiger partial charge in [-0.2, -0.15) is 14.1 Å². The smallest absolute Gasteiger partial charge is 0.316 e. The van der Waals surface area contributed by atoms with E-state index in [0.29, 0.717) is 28.9 Å². The molecule has 1 aliphatic carbocycles. The highest BCUT2D eigenvalue weighted by molar-refractivity contribution is 7.89. The van der Waals surface area contributed by atoms with E-state index in [-0.39, 0.29) is 46.9 Å². The highest BCUT2D eigenvalue weighted by Crippen LogP contribution is 2.37. The Morgan fingerprint density at radius 1 is 1.03 bits per heavy atom. The molecule has 0 atom stereocenters. The van der Waals surface area contributed by atoms with E-state index < -0.39 is 21.3 Å². The van der Waals surface area contributed by atoms with E-state index in [9.17, 15) is 18.3 Å². The normalized spacial score (nSPS) is 16.7. The number of hydrogen-bond acceptors (Lipinski definition) is 7. The van der Waals surface area contributed by atoms with Crippen LogP contribution in [0.3, 0.4) is 0 Å². The molecule has 0 bridgehead atoms. The van der Waals surface area contributed by atoms with Gasteiger partial charge in [0, 0.05) is 36.2 Å². The lowest BCUT2D eigenvalue weighted by Crippen LogP contribution is -2.49. The van der Waals surface area contributed by atoms with Crippen LogP contribution in [0.25, 0.3) is 5.69 Å². The maximum atomic E-state index is 13.4. The molecule has 5 rings (SSSR count). The third-order valence-corrected chi connectivity index (χ3v) is 8.97.